The van der Waals surface area contributed by atoms with Crippen molar-refractivity contribution in [2.75, 3.05) is 6.54 Å². The maximum absolute atomic E-state index is 12.2. The van der Waals surface area contributed by atoms with Gasteiger partial charge in [0.2, 0.25) is 0 Å². The smallest absolute Gasteiger partial charge is 0.411 e. The summed E-state index contributed by atoms with van der Waals surface area (Å²) in [7, 11) is 0. The van der Waals surface area contributed by atoms with Crippen LogP contribution in [0.5, 0.6) is 0 Å². The largest absolute Gasteiger partial charge is 0.479 e. The van der Waals surface area contributed by atoms with Crippen LogP contribution in [0.25, 0.3) is 10.4 Å². The molecule has 0 bridgehead atoms. The summed E-state index contributed by atoms with van der Waals surface area (Å²) in [6, 6.07) is 5.80. The quantitative estimate of drug-likeness (QED) is 0.850. The molecule has 0 radical (unpaired) electrons. The Kier molecular flexibility index (Phi) is 4.41. The highest BCUT2D eigenvalue weighted by atomic mass is 16.6. The van der Waals surface area contributed by atoms with Crippen molar-refractivity contribution in [3.05, 3.63) is 47.3 Å². The van der Waals surface area contributed by atoms with Crippen molar-refractivity contribution in [1.29, 1.82) is 0 Å². The maximum Gasteiger partial charge on any atom is 0.411 e. The van der Waals surface area contributed by atoms with Gasteiger partial charge in [0.05, 0.1) is 13.1 Å². The fourth-order valence-corrected chi connectivity index (χ4v) is 2.28. The normalized spacial score (nSPS) is 17.4. The number of hydrogen-bond acceptors (Lipinski definition) is 3. The van der Waals surface area contributed by atoms with E-state index in [4.69, 9.17) is 11.3 Å². The fraction of sp³-hybridized carbons (Fsp3) is 0.353. The lowest BCUT2D eigenvalue weighted by Gasteiger charge is -2.27. The van der Waals surface area contributed by atoms with Gasteiger partial charge in [-0.3, -0.25) is 4.90 Å². The van der Waals surface area contributed by atoms with Crippen molar-refractivity contribution in [1.82, 2.24) is 4.90 Å². The average molecular weight is 314 g/mol. The monoisotopic (exact) mass is 314 g/mol. The molecule has 23 heavy (non-hydrogen) atoms. The second-order valence-corrected chi connectivity index (χ2v) is 6.25. The Balaban J connectivity index is 2.28. The third-order valence-corrected chi connectivity index (χ3v) is 3.26. The molecule has 0 aromatic heterocycles. The molecule has 1 aromatic carbocycles. The Bertz CT molecular complexity index is 710. The molecular formula is C17H18N2O4. The van der Waals surface area contributed by atoms with Crippen LogP contribution in [0.1, 0.15) is 26.3 Å². The predicted octanol–water partition coefficient (Wildman–Crippen LogP) is 3.32. The van der Waals surface area contributed by atoms with Crippen LogP contribution in [-0.4, -0.2) is 40.3 Å². The number of hydrogen-bond donors (Lipinski definition) is 1. The van der Waals surface area contributed by atoms with E-state index in [1.54, 1.807) is 45.0 Å². The van der Waals surface area contributed by atoms with E-state index in [9.17, 15) is 14.7 Å². The summed E-state index contributed by atoms with van der Waals surface area (Å²) in [5.74, 6) is -1.12. The predicted molar refractivity (Wildman–Crippen MR) is 85.0 cm³/mol. The Morgan fingerprint density at radius 1 is 1.39 bits per heavy atom. The van der Waals surface area contributed by atoms with Gasteiger partial charge in [0, 0.05) is 0 Å². The molecule has 0 spiro atoms. The van der Waals surface area contributed by atoms with Gasteiger partial charge in [0.15, 0.2) is 11.7 Å². The summed E-state index contributed by atoms with van der Waals surface area (Å²) in [5, 5.41) is 9.35. The van der Waals surface area contributed by atoms with Crippen molar-refractivity contribution in [2.45, 2.75) is 32.4 Å². The summed E-state index contributed by atoms with van der Waals surface area (Å²) >= 11 is 0. The highest BCUT2D eigenvalue weighted by Crippen LogP contribution is 2.29. The minimum Gasteiger partial charge on any atom is -0.479 e. The maximum atomic E-state index is 12.2. The number of amides is 1. The van der Waals surface area contributed by atoms with Gasteiger partial charge in [-0.1, -0.05) is 18.2 Å². The fourth-order valence-electron chi connectivity index (χ4n) is 2.28. The van der Waals surface area contributed by atoms with Gasteiger partial charge in [0.1, 0.15) is 5.60 Å². The lowest BCUT2D eigenvalue weighted by atomic mass is 10.1. The molecule has 1 atom stereocenters. The molecule has 1 aliphatic heterocycles. The molecule has 0 saturated carbocycles. The minimum atomic E-state index is -1.12. The van der Waals surface area contributed by atoms with Gasteiger partial charge in [0.25, 0.3) is 0 Å². The zero-order valence-corrected chi connectivity index (χ0v) is 13.2. The van der Waals surface area contributed by atoms with Crippen LogP contribution < -0.4 is 0 Å². The highest BCUT2D eigenvalue weighted by Gasteiger charge is 2.36. The summed E-state index contributed by atoms with van der Waals surface area (Å²) in [6.45, 7) is 12.4. The molecule has 1 N–H and O–H groups in total. The van der Waals surface area contributed by atoms with E-state index in [0.717, 1.165) is 5.56 Å². The van der Waals surface area contributed by atoms with Crippen molar-refractivity contribution in [2.24, 2.45) is 0 Å². The van der Waals surface area contributed by atoms with E-state index in [0.29, 0.717) is 11.3 Å². The highest BCUT2D eigenvalue weighted by molar-refractivity contribution is 5.89. The summed E-state index contributed by atoms with van der Waals surface area (Å²) in [4.78, 5) is 28.2. The SMILES string of the molecule is [C-]#[N+]c1cccc(C2=C[C@H](C(=O)O)N(C(=O)OC(C)(C)C)C2)c1. The van der Waals surface area contributed by atoms with E-state index in [-0.39, 0.29) is 6.54 Å². The Hall–Kier alpha value is -2.81. The number of carbonyl (C=O) groups excluding carboxylic acids is 1. The van der Waals surface area contributed by atoms with E-state index >= 15 is 0 Å². The molecule has 0 unspecified atom stereocenters. The van der Waals surface area contributed by atoms with Crippen LogP contribution in [0.4, 0.5) is 10.5 Å². The lowest BCUT2D eigenvalue weighted by molar-refractivity contribution is -0.140. The molecule has 0 saturated heterocycles. The van der Waals surface area contributed by atoms with Crippen molar-refractivity contribution in [3.8, 4) is 0 Å². The van der Waals surface area contributed by atoms with E-state index in [2.05, 4.69) is 4.85 Å². The molecule has 1 aromatic rings. The number of rotatable bonds is 2. The average Bonchev–Trinajstić information content (AvgIpc) is 2.91. The van der Waals surface area contributed by atoms with Gasteiger partial charge in [-0.05, 0) is 44.1 Å². The molecule has 1 aliphatic rings. The van der Waals surface area contributed by atoms with Gasteiger partial charge in [-0.15, -0.1) is 0 Å². The van der Waals surface area contributed by atoms with E-state index in [1.807, 2.05) is 0 Å². The van der Waals surface area contributed by atoms with Crippen LogP contribution >= 0.6 is 0 Å². The van der Waals surface area contributed by atoms with Crippen LogP contribution in [0.2, 0.25) is 0 Å². The molecule has 0 fully saturated rings. The number of carboxylic acid groups (broad SMARTS) is 1. The number of carboxylic acids is 1. The Morgan fingerprint density at radius 3 is 2.65 bits per heavy atom. The first-order chi connectivity index (χ1) is 10.7. The summed E-state index contributed by atoms with van der Waals surface area (Å²) in [6.07, 6.45) is 0.854. The number of aliphatic carboxylic acids is 1. The lowest BCUT2D eigenvalue weighted by Crippen LogP contribution is -2.43. The van der Waals surface area contributed by atoms with Crippen LogP contribution in [0.15, 0.2) is 30.3 Å². The Morgan fingerprint density at radius 2 is 2.09 bits per heavy atom. The molecule has 2 rings (SSSR count). The second-order valence-electron chi connectivity index (χ2n) is 6.25. The minimum absolute atomic E-state index is 0.132. The van der Waals surface area contributed by atoms with Gasteiger partial charge in [-0.2, -0.15) is 0 Å². The van der Waals surface area contributed by atoms with Gasteiger partial charge < -0.3 is 9.84 Å². The third kappa shape index (κ3) is 3.89. The summed E-state index contributed by atoms with van der Waals surface area (Å²) in [5.41, 5.74) is 1.18. The zero-order chi connectivity index (χ0) is 17.2. The number of nitrogens with zero attached hydrogens (tertiary/aromatic N) is 2. The number of benzene rings is 1. The van der Waals surface area contributed by atoms with Crippen LogP contribution in [0, 0.1) is 6.57 Å². The van der Waals surface area contributed by atoms with Crippen LogP contribution in [0.3, 0.4) is 0 Å². The molecule has 1 heterocycles. The van der Waals surface area contributed by atoms with Crippen molar-refractivity contribution >= 4 is 23.3 Å². The first kappa shape index (κ1) is 16.6. The van der Waals surface area contributed by atoms with Gasteiger partial charge in [-0.25, -0.2) is 14.4 Å². The standard InChI is InChI=1S/C17H18N2O4/c1-17(2,3)23-16(22)19-10-12(9-14(19)15(20)21)11-6-5-7-13(8-11)18-4/h5-9,14H,10H2,1-3H3,(H,20,21)/t14-/m1/s1. The zero-order valence-electron chi connectivity index (χ0n) is 13.2. The summed E-state index contributed by atoms with van der Waals surface area (Å²) < 4.78 is 5.27. The molecule has 120 valence electrons. The van der Waals surface area contributed by atoms with E-state index in [1.165, 1.54) is 11.0 Å². The molecule has 0 aliphatic carbocycles. The molecule has 6 nitrogen and oxygen atoms in total. The van der Waals surface area contributed by atoms with Gasteiger partial charge >= 0.3 is 12.1 Å². The number of carbonyl (C=O) groups is 2. The third-order valence-electron chi connectivity index (χ3n) is 3.26. The van der Waals surface area contributed by atoms with Crippen molar-refractivity contribution in [3.63, 3.8) is 0 Å². The van der Waals surface area contributed by atoms with E-state index < -0.39 is 23.7 Å². The molecule has 6 heteroatoms. The molecular weight excluding hydrogens is 296 g/mol. The first-order valence-corrected chi connectivity index (χ1v) is 7.12. The number of ether oxygens (including phenoxy) is 1. The first-order valence-electron chi connectivity index (χ1n) is 7.12. The second kappa shape index (κ2) is 6.13. The van der Waals surface area contributed by atoms with Crippen LogP contribution in [-0.2, 0) is 9.53 Å². The van der Waals surface area contributed by atoms with Crippen molar-refractivity contribution < 1.29 is 19.4 Å². The Labute approximate surface area is 134 Å². The topological polar surface area (TPSA) is 71.2 Å². The molecule has 1 amide bonds.